The molecule has 3 rings (SSSR count). The summed E-state index contributed by atoms with van der Waals surface area (Å²) in [4.78, 5) is 16.6. The van der Waals surface area contributed by atoms with Crippen LogP contribution in [0.2, 0.25) is 0 Å². The van der Waals surface area contributed by atoms with Crippen molar-refractivity contribution in [2.24, 2.45) is 0 Å². The molecule has 0 unspecified atom stereocenters. The first-order valence-corrected chi connectivity index (χ1v) is 7.56. The van der Waals surface area contributed by atoms with E-state index in [-0.39, 0.29) is 12.1 Å². The predicted molar refractivity (Wildman–Crippen MR) is 87.9 cm³/mol. The molecule has 0 atom stereocenters. The summed E-state index contributed by atoms with van der Waals surface area (Å²) in [6.45, 7) is 0.150. The maximum atomic E-state index is 12.8. The minimum absolute atomic E-state index is 0.150. The van der Waals surface area contributed by atoms with Gasteiger partial charge in [-0.2, -0.15) is 13.2 Å². The Morgan fingerprint density at radius 3 is 2.44 bits per heavy atom. The highest BCUT2D eigenvalue weighted by atomic mass is 19.4. The summed E-state index contributed by atoms with van der Waals surface area (Å²) in [6.07, 6.45) is -5.90. The van der Waals surface area contributed by atoms with Gasteiger partial charge in [0.15, 0.2) is 0 Å². The molecule has 0 fully saturated rings. The summed E-state index contributed by atoms with van der Waals surface area (Å²) < 4.78 is 45.0. The van der Waals surface area contributed by atoms with Gasteiger partial charge < -0.3 is 9.30 Å². The lowest BCUT2D eigenvalue weighted by Gasteiger charge is -2.15. The number of methoxy groups -OCH3 is 1. The Hall–Kier alpha value is -2.83. The highest BCUT2D eigenvalue weighted by molar-refractivity contribution is 5.81. The Kier molecular flexibility index (Phi) is 4.48. The number of fused-ring (bicyclic) bond motifs is 1. The molecule has 0 amide bonds. The number of halogens is 3. The first-order valence-electron chi connectivity index (χ1n) is 7.56. The topological polar surface area (TPSA) is 44.1 Å². The summed E-state index contributed by atoms with van der Waals surface area (Å²) in [5.41, 5.74) is 0.180. The Labute approximate surface area is 141 Å². The van der Waals surface area contributed by atoms with Crippen LogP contribution in [0.1, 0.15) is 11.3 Å². The van der Waals surface area contributed by atoms with E-state index in [9.17, 15) is 18.0 Å². The molecule has 25 heavy (non-hydrogen) atoms. The highest BCUT2D eigenvalue weighted by Gasteiger charge is 2.31. The van der Waals surface area contributed by atoms with E-state index in [1.807, 2.05) is 18.2 Å². The average Bonchev–Trinajstić information content (AvgIpc) is 2.58. The largest absolute Gasteiger partial charge is 0.494 e. The zero-order valence-electron chi connectivity index (χ0n) is 13.4. The van der Waals surface area contributed by atoms with E-state index in [1.165, 1.54) is 11.7 Å². The fourth-order valence-electron chi connectivity index (χ4n) is 2.68. The number of para-hydroxylation sites is 1. The maximum absolute atomic E-state index is 12.8. The molecular formula is C18H15F3N2O2. The van der Waals surface area contributed by atoms with Gasteiger partial charge in [-0.05, 0) is 17.7 Å². The summed E-state index contributed by atoms with van der Waals surface area (Å²) in [7, 11) is 1.41. The number of hydrogen-bond acceptors (Lipinski definition) is 3. The predicted octanol–water partition coefficient (Wildman–Crippen LogP) is 3.56. The Morgan fingerprint density at radius 2 is 1.80 bits per heavy atom. The van der Waals surface area contributed by atoms with Gasteiger partial charge in [-0.25, -0.2) is 4.98 Å². The van der Waals surface area contributed by atoms with Crippen LogP contribution in [-0.2, 0) is 13.0 Å². The average molecular weight is 348 g/mol. The molecule has 0 aliphatic heterocycles. The molecule has 130 valence electrons. The SMILES string of the molecule is COc1cccc2c1nc(CC(F)(F)F)c(=O)n2Cc1ccccc1. The lowest BCUT2D eigenvalue weighted by molar-refractivity contribution is -0.128. The van der Waals surface area contributed by atoms with Crippen LogP contribution in [0.3, 0.4) is 0 Å². The molecule has 1 aromatic heterocycles. The number of rotatable bonds is 4. The van der Waals surface area contributed by atoms with E-state index in [4.69, 9.17) is 4.74 Å². The quantitative estimate of drug-likeness (QED) is 0.724. The summed E-state index contributed by atoms with van der Waals surface area (Å²) in [6, 6.07) is 14.0. The molecule has 4 nitrogen and oxygen atoms in total. The van der Waals surface area contributed by atoms with Gasteiger partial charge in [-0.3, -0.25) is 4.79 Å². The number of ether oxygens (including phenoxy) is 1. The molecule has 1 heterocycles. The number of benzene rings is 2. The molecule has 7 heteroatoms. The molecule has 0 bridgehead atoms. The molecule has 3 aromatic rings. The standard InChI is InChI=1S/C18H15F3N2O2/c1-25-15-9-5-8-14-16(15)22-13(10-18(19,20)21)17(24)23(14)11-12-6-3-2-4-7-12/h2-9H,10-11H2,1H3. The highest BCUT2D eigenvalue weighted by Crippen LogP contribution is 2.25. The minimum atomic E-state index is -4.52. The first-order chi connectivity index (χ1) is 11.9. The number of aromatic nitrogens is 2. The van der Waals surface area contributed by atoms with Crippen LogP contribution in [0.15, 0.2) is 53.3 Å². The van der Waals surface area contributed by atoms with E-state index >= 15 is 0 Å². The van der Waals surface area contributed by atoms with Gasteiger partial charge in [0.1, 0.15) is 17.0 Å². The van der Waals surface area contributed by atoms with Crippen molar-refractivity contribution in [2.45, 2.75) is 19.1 Å². The molecule has 0 saturated carbocycles. The maximum Gasteiger partial charge on any atom is 0.394 e. The van der Waals surface area contributed by atoms with Crippen molar-refractivity contribution in [3.63, 3.8) is 0 Å². The summed E-state index contributed by atoms with van der Waals surface area (Å²) >= 11 is 0. The van der Waals surface area contributed by atoms with E-state index < -0.39 is 23.9 Å². The molecule has 0 aliphatic rings. The zero-order valence-corrected chi connectivity index (χ0v) is 13.4. The molecule has 0 saturated heterocycles. The Morgan fingerprint density at radius 1 is 1.08 bits per heavy atom. The van der Waals surface area contributed by atoms with Gasteiger partial charge in [0.2, 0.25) is 0 Å². The molecule has 2 aromatic carbocycles. The van der Waals surface area contributed by atoms with Crippen LogP contribution < -0.4 is 10.3 Å². The Bertz CT molecular complexity index is 950. The third-order valence-electron chi connectivity index (χ3n) is 3.78. The van der Waals surface area contributed by atoms with Crippen LogP contribution in [0.4, 0.5) is 13.2 Å². The number of alkyl halides is 3. The van der Waals surface area contributed by atoms with E-state index in [1.54, 1.807) is 30.3 Å². The van der Waals surface area contributed by atoms with Crippen LogP contribution >= 0.6 is 0 Å². The van der Waals surface area contributed by atoms with Crippen molar-refractivity contribution in [3.05, 3.63) is 70.1 Å². The normalized spacial score (nSPS) is 11.7. The molecule has 0 N–H and O–H groups in total. The van der Waals surface area contributed by atoms with Gasteiger partial charge in [0.25, 0.3) is 5.56 Å². The van der Waals surface area contributed by atoms with Crippen molar-refractivity contribution in [3.8, 4) is 5.75 Å². The van der Waals surface area contributed by atoms with Crippen LogP contribution in [-0.4, -0.2) is 22.8 Å². The van der Waals surface area contributed by atoms with Crippen molar-refractivity contribution < 1.29 is 17.9 Å². The van der Waals surface area contributed by atoms with E-state index in [2.05, 4.69) is 4.98 Å². The van der Waals surface area contributed by atoms with Crippen molar-refractivity contribution >= 4 is 11.0 Å². The van der Waals surface area contributed by atoms with E-state index in [0.29, 0.717) is 11.3 Å². The van der Waals surface area contributed by atoms with Gasteiger partial charge in [0, 0.05) is 0 Å². The minimum Gasteiger partial charge on any atom is -0.494 e. The lowest BCUT2D eigenvalue weighted by Crippen LogP contribution is -2.29. The second-order valence-electron chi connectivity index (χ2n) is 5.56. The van der Waals surface area contributed by atoms with Crippen LogP contribution in [0.25, 0.3) is 11.0 Å². The molecule has 0 radical (unpaired) electrons. The van der Waals surface area contributed by atoms with Crippen LogP contribution in [0.5, 0.6) is 5.75 Å². The van der Waals surface area contributed by atoms with Crippen molar-refractivity contribution in [2.75, 3.05) is 7.11 Å². The molecule has 0 spiro atoms. The molecular weight excluding hydrogens is 333 g/mol. The summed E-state index contributed by atoms with van der Waals surface area (Å²) in [5.74, 6) is 0.322. The van der Waals surface area contributed by atoms with Crippen molar-refractivity contribution in [1.82, 2.24) is 9.55 Å². The third-order valence-corrected chi connectivity index (χ3v) is 3.78. The number of nitrogens with zero attached hydrogens (tertiary/aromatic N) is 2. The fourth-order valence-corrected chi connectivity index (χ4v) is 2.68. The Balaban J connectivity index is 2.25. The van der Waals surface area contributed by atoms with Gasteiger partial charge in [0.05, 0.1) is 25.6 Å². The monoisotopic (exact) mass is 348 g/mol. The van der Waals surface area contributed by atoms with Crippen LogP contribution in [0, 0.1) is 0 Å². The number of hydrogen-bond donors (Lipinski definition) is 0. The summed E-state index contributed by atoms with van der Waals surface area (Å²) in [5, 5.41) is 0. The zero-order chi connectivity index (χ0) is 18.0. The van der Waals surface area contributed by atoms with Gasteiger partial charge in [-0.15, -0.1) is 0 Å². The second-order valence-corrected chi connectivity index (χ2v) is 5.56. The first kappa shape index (κ1) is 17.0. The second kappa shape index (κ2) is 6.58. The van der Waals surface area contributed by atoms with E-state index in [0.717, 1.165) is 5.56 Å². The smallest absolute Gasteiger partial charge is 0.394 e. The third kappa shape index (κ3) is 3.65. The van der Waals surface area contributed by atoms with Gasteiger partial charge in [-0.1, -0.05) is 36.4 Å². The van der Waals surface area contributed by atoms with Gasteiger partial charge >= 0.3 is 6.18 Å². The fraction of sp³-hybridized carbons (Fsp3) is 0.222. The lowest BCUT2D eigenvalue weighted by atomic mass is 10.2. The van der Waals surface area contributed by atoms with Crippen molar-refractivity contribution in [1.29, 1.82) is 0 Å². The molecule has 0 aliphatic carbocycles.